The fraction of sp³-hybridized carbons (Fsp3) is 0.389. The molecule has 1 atom stereocenters. The maximum atomic E-state index is 5.52. The summed E-state index contributed by atoms with van der Waals surface area (Å²) in [5.41, 5.74) is 3.75. The number of imidazole rings is 1. The van der Waals surface area contributed by atoms with Crippen molar-refractivity contribution in [2.75, 3.05) is 13.2 Å². The monoisotopic (exact) mass is 321 g/mol. The Morgan fingerprint density at radius 2 is 2.00 bits per heavy atom. The van der Waals surface area contributed by atoms with Crippen molar-refractivity contribution in [2.24, 2.45) is 0 Å². The Labute approximate surface area is 139 Å². The van der Waals surface area contributed by atoms with Crippen molar-refractivity contribution < 1.29 is 4.74 Å². The van der Waals surface area contributed by atoms with Crippen LogP contribution in [0.1, 0.15) is 35.3 Å². The van der Waals surface area contributed by atoms with Crippen LogP contribution in [0.3, 0.4) is 0 Å². The summed E-state index contributed by atoms with van der Waals surface area (Å²) >= 11 is 0. The quantitative estimate of drug-likeness (QED) is 0.805. The molecule has 6 heteroatoms. The third kappa shape index (κ3) is 2.26. The van der Waals surface area contributed by atoms with Crippen LogP contribution in [0.4, 0.5) is 0 Å². The van der Waals surface area contributed by atoms with Crippen molar-refractivity contribution in [1.82, 2.24) is 24.7 Å². The van der Waals surface area contributed by atoms with E-state index in [1.807, 2.05) is 6.20 Å². The molecule has 122 valence electrons. The lowest BCUT2D eigenvalue weighted by Crippen LogP contribution is -2.13. The van der Waals surface area contributed by atoms with E-state index < -0.39 is 0 Å². The summed E-state index contributed by atoms with van der Waals surface area (Å²) in [5.74, 6) is 2.08. The van der Waals surface area contributed by atoms with Gasteiger partial charge >= 0.3 is 0 Å². The van der Waals surface area contributed by atoms with Crippen LogP contribution in [0.2, 0.25) is 0 Å². The second-order valence-corrected chi connectivity index (χ2v) is 6.59. The zero-order valence-electron chi connectivity index (χ0n) is 13.4. The van der Waals surface area contributed by atoms with E-state index in [4.69, 9.17) is 14.8 Å². The standard InChI is InChI=1S/C18H19N5O/c1-2-4-13-8-15(7-12(13)3-1)23-18(16-9-19-11-20-16)21-17(22-23)14-5-6-24-10-14/h1-4,9,11,14-15H,5-8,10H2,(H,19,20)/t14-/m0/s1. The molecule has 3 aromatic rings. The molecule has 3 heterocycles. The summed E-state index contributed by atoms with van der Waals surface area (Å²) in [5, 5.41) is 4.89. The number of hydrogen-bond donors (Lipinski definition) is 1. The molecule has 24 heavy (non-hydrogen) atoms. The number of ether oxygens (including phenoxy) is 1. The molecule has 0 radical (unpaired) electrons. The molecule has 0 amide bonds. The van der Waals surface area contributed by atoms with Crippen LogP contribution in [0.5, 0.6) is 0 Å². The van der Waals surface area contributed by atoms with Crippen LogP contribution >= 0.6 is 0 Å². The summed E-state index contributed by atoms with van der Waals surface area (Å²) in [4.78, 5) is 12.2. The molecule has 5 rings (SSSR count). The average molecular weight is 321 g/mol. The topological polar surface area (TPSA) is 68.6 Å². The van der Waals surface area contributed by atoms with E-state index in [2.05, 4.69) is 38.9 Å². The van der Waals surface area contributed by atoms with Gasteiger partial charge in [-0.25, -0.2) is 14.6 Å². The van der Waals surface area contributed by atoms with Crippen molar-refractivity contribution in [3.63, 3.8) is 0 Å². The Morgan fingerprint density at radius 3 is 2.67 bits per heavy atom. The lowest BCUT2D eigenvalue weighted by atomic mass is 10.1. The van der Waals surface area contributed by atoms with Crippen LogP contribution in [-0.4, -0.2) is 37.9 Å². The number of fused-ring (bicyclic) bond motifs is 1. The predicted octanol–water partition coefficient (Wildman–Crippen LogP) is 2.51. The predicted molar refractivity (Wildman–Crippen MR) is 88.7 cm³/mol. The number of aromatic nitrogens is 5. The molecule has 0 unspecified atom stereocenters. The number of H-pyrrole nitrogens is 1. The molecule has 1 aliphatic heterocycles. The highest BCUT2D eigenvalue weighted by Crippen LogP contribution is 2.33. The lowest BCUT2D eigenvalue weighted by Gasteiger charge is -2.12. The minimum atomic E-state index is 0.302. The molecule has 0 bridgehead atoms. The second-order valence-electron chi connectivity index (χ2n) is 6.59. The first kappa shape index (κ1) is 13.9. The van der Waals surface area contributed by atoms with Gasteiger partial charge in [0.1, 0.15) is 5.69 Å². The highest BCUT2D eigenvalue weighted by Gasteiger charge is 2.30. The van der Waals surface area contributed by atoms with Gasteiger partial charge in [0.15, 0.2) is 11.6 Å². The Hall–Kier alpha value is -2.47. The Kier molecular flexibility index (Phi) is 3.23. The van der Waals surface area contributed by atoms with E-state index in [9.17, 15) is 0 Å². The number of hydrogen-bond acceptors (Lipinski definition) is 4. The van der Waals surface area contributed by atoms with Crippen LogP contribution in [0.25, 0.3) is 11.5 Å². The van der Waals surface area contributed by atoms with E-state index in [-0.39, 0.29) is 0 Å². The summed E-state index contributed by atoms with van der Waals surface area (Å²) in [6.07, 6.45) is 6.51. The van der Waals surface area contributed by atoms with Gasteiger partial charge in [0.05, 0.1) is 25.2 Å². The third-order valence-electron chi connectivity index (χ3n) is 5.06. The van der Waals surface area contributed by atoms with E-state index in [1.54, 1.807) is 6.33 Å². The molecule has 1 fully saturated rings. The molecule has 2 aliphatic rings. The van der Waals surface area contributed by atoms with Crippen LogP contribution in [0.15, 0.2) is 36.8 Å². The van der Waals surface area contributed by atoms with Crippen molar-refractivity contribution in [2.45, 2.75) is 31.2 Å². The van der Waals surface area contributed by atoms with E-state index in [0.717, 1.165) is 49.8 Å². The van der Waals surface area contributed by atoms with Gasteiger partial charge in [-0.1, -0.05) is 24.3 Å². The van der Waals surface area contributed by atoms with Gasteiger partial charge in [0, 0.05) is 12.5 Å². The maximum Gasteiger partial charge on any atom is 0.176 e. The molecular formula is C18H19N5O. The number of nitrogens with zero attached hydrogens (tertiary/aromatic N) is 4. The van der Waals surface area contributed by atoms with Crippen LogP contribution < -0.4 is 0 Å². The number of benzene rings is 1. The van der Waals surface area contributed by atoms with Gasteiger partial charge in [-0.3, -0.25) is 0 Å². The van der Waals surface area contributed by atoms with Crippen LogP contribution in [0, 0.1) is 0 Å². The van der Waals surface area contributed by atoms with Gasteiger partial charge in [-0.15, -0.1) is 0 Å². The zero-order valence-corrected chi connectivity index (χ0v) is 13.4. The molecular weight excluding hydrogens is 302 g/mol. The molecule has 1 N–H and O–H groups in total. The zero-order chi connectivity index (χ0) is 15.9. The number of aromatic amines is 1. The normalized spacial score (nSPS) is 20.6. The minimum Gasteiger partial charge on any atom is -0.381 e. The first-order chi connectivity index (χ1) is 11.9. The third-order valence-corrected chi connectivity index (χ3v) is 5.06. The molecule has 2 aromatic heterocycles. The fourth-order valence-electron chi connectivity index (χ4n) is 3.78. The summed E-state index contributed by atoms with van der Waals surface area (Å²) < 4.78 is 7.62. The number of nitrogens with one attached hydrogen (secondary N) is 1. The Balaban J connectivity index is 1.55. The van der Waals surface area contributed by atoms with Gasteiger partial charge in [-0.2, -0.15) is 5.10 Å². The Morgan fingerprint density at radius 1 is 1.17 bits per heavy atom. The van der Waals surface area contributed by atoms with E-state index in [1.165, 1.54) is 11.1 Å². The summed E-state index contributed by atoms with van der Waals surface area (Å²) in [7, 11) is 0. The van der Waals surface area contributed by atoms with Crippen molar-refractivity contribution >= 4 is 0 Å². The smallest absolute Gasteiger partial charge is 0.176 e. The fourth-order valence-corrected chi connectivity index (χ4v) is 3.78. The summed E-state index contributed by atoms with van der Waals surface area (Å²) in [6.45, 7) is 1.52. The Bertz CT molecular complexity index is 823. The van der Waals surface area contributed by atoms with E-state index >= 15 is 0 Å². The maximum absolute atomic E-state index is 5.52. The molecule has 0 spiro atoms. The van der Waals surface area contributed by atoms with Gasteiger partial charge in [0.2, 0.25) is 0 Å². The van der Waals surface area contributed by atoms with E-state index in [0.29, 0.717) is 12.0 Å². The van der Waals surface area contributed by atoms with Crippen molar-refractivity contribution in [3.8, 4) is 11.5 Å². The molecule has 1 aliphatic carbocycles. The van der Waals surface area contributed by atoms with Gasteiger partial charge < -0.3 is 9.72 Å². The van der Waals surface area contributed by atoms with Crippen molar-refractivity contribution in [3.05, 3.63) is 53.7 Å². The molecule has 0 saturated carbocycles. The first-order valence-corrected chi connectivity index (χ1v) is 8.48. The summed E-state index contributed by atoms with van der Waals surface area (Å²) in [6, 6.07) is 8.96. The first-order valence-electron chi connectivity index (χ1n) is 8.48. The SMILES string of the molecule is c1ccc2c(c1)CC(n1nc([C@H]3CCOC3)nc1-c1cnc[nH]1)C2. The largest absolute Gasteiger partial charge is 0.381 e. The minimum absolute atomic E-state index is 0.302. The lowest BCUT2D eigenvalue weighted by molar-refractivity contribution is 0.193. The van der Waals surface area contributed by atoms with Gasteiger partial charge in [-0.05, 0) is 30.4 Å². The van der Waals surface area contributed by atoms with Gasteiger partial charge in [0.25, 0.3) is 0 Å². The molecule has 1 aromatic carbocycles. The average Bonchev–Trinajstić information content (AvgIpc) is 3.40. The highest BCUT2D eigenvalue weighted by molar-refractivity contribution is 5.48. The van der Waals surface area contributed by atoms with Crippen molar-refractivity contribution in [1.29, 1.82) is 0 Å². The second kappa shape index (κ2) is 5.56. The number of rotatable bonds is 3. The molecule has 6 nitrogen and oxygen atoms in total. The highest BCUT2D eigenvalue weighted by atomic mass is 16.5. The molecule has 1 saturated heterocycles. The van der Waals surface area contributed by atoms with Crippen LogP contribution in [-0.2, 0) is 17.6 Å².